The van der Waals surface area contributed by atoms with Crippen molar-refractivity contribution in [3.63, 3.8) is 0 Å². The third-order valence-electron chi connectivity index (χ3n) is 1.62. The molecule has 76 valence electrons. The van der Waals surface area contributed by atoms with Crippen LogP contribution in [0.1, 0.15) is 12.5 Å². The molecular formula is C12H16O2. The van der Waals surface area contributed by atoms with Gasteiger partial charge in [-0.2, -0.15) is 0 Å². The Morgan fingerprint density at radius 3 is 2.21 bits per heavy atom. The van der Waals surface area contributed by atoms with Crippen LogP contribution in [0.25, 0.3) is 0 Å². The molecule has 2 nitrogen and oxygen atoms in total. The highest BCUT2D eigenvalue weighted by Gasteiger charge is 1.82. The number of ether oxygens (including phenoxy) is 1. The summed E-state index contributed by atoms with van der Waals surface area (Å²) in [5, 5.41) is 0. The van der Waals surface area contributed by atoms with Crippen LogP contribution in [0, 0.1) is 0 Å². The second kappa shape index (κ2) is 8.05. The van der Waals surface area contributed by atoms with Crippen LogP contribution < -0.4 is 0 Å². The van der Waals surface area contributed by atoms with Crippen LogP contribution in [-0.2, 0) is 16.0 Å². The van der Waals surface area contributed by atoms with E-state index in [2.05, 4.69) is 42.5 Å². The van der Waals surface area contributed by atoms with Crippen LogP contribution in [0.15, 0.2) is 43.0 Å². The van der Waals surface area contributed by atoms with Crippen molar-refractivity contribution in [3.05, 3.63) is 48.6 Å². The normalized spacial score (nSPS) is 8.14. The smallest absolute Gasteiger partial charge is 0.329 e. The molecule has 0 amide bonds. The number of aryl methyl sites for hydroxylation is 1. The molecule has 14 heavy (non-hydrogen) atoms. The van der Waals surface area contributed by atoms with Crippen molar-refractivity contribution in [2.45, 2.75) is 13.3 Å². The highest BCUT2D eigenvalue weighted by atomic mass is 16.5. The van der Waals surface area contributed by atoms with Gasteiger partial charge < -0.3 is 4.74 Å². The molecule has 1 rings (SSSR count). The Morgan fingerprint density at radius 2 is 2.00 bits per heavy atom. The molecule has 0 fully saturated rings. The number of esters is 1. The lowest BCUT2D eigenvalue weighted by molar-refractivity contribution is -0.134. The lowest BCUT2D eigenvalue weighted by Gasteiger charge is -1.89. The predicted molar refractivity (Wildman–Crippen MR) is 58.0 cm³/mol. The molecule has 0 saturated heterocycles. The summed E-state index contributed by atoms with van der Waals surface area (Å²) >= 11 is 0. The second-order valence-electron chi connectivity index (χ2n) is 2.57. The first-order valence-electron chi connectivity index (χ1n) is 4.48. The van der Waals surface area contributed by atoms with Crippen molar-refractivity contribution < 1.29 is 9.53 Å². The lowest BCUT2D eigenvalue weighted by Crippen LogP contribution is -1.91. The van der Waals surface area contributed by atoms with Gasteiger partial charge in [-0.15, -0.1) is 0 Å². The fraction of sp³-hybridized carbons (Fsp3) is 0.250. The summed E-state index contributed by atoms with van der Waals surface area (Å²) in [6.07, 6.45) is 2.25. The monoisotopic (exact) mass is 192 g/mol. The number of carbonyl (C=O) groups is 1. The van der Waals surface area contributed by atoms with E-state index in [1.165, 1.54) is 12.7 Å². The van der Waals surface area contributed by atoms with Crippen molar-refractivity contribution in [1.82, 2.24) is 0 Å². The summed E-state index contributed by atoms with van der Waals surface area (Å²) in [6.45, 7) is 5.32. The quantitative estimate of drug-likeness (QED) is 0.532. The number of carbonyl (C=O) groups excluding carboxylic acids is 1. The Hall–Kier alpha value is -1.57. The molecule has 0 heterocycles. The van der Waals surface area contributed by atoms with Crippen LogP contribution in [0.5, 0.6) is 0 Å². The van der Waals surface area contributed by atoms with Gasteiger partial charge in [0.1, 0.15) is 0 Å². The number of benzene rings is 1. The molecule has 0 unspecified atom stereocenters. The van der Waals surface area contributed by atoms with Gasteiger partial charge >= 0.3 is 5.97 Å². The SMILES string of the molecule is C=CC(=O)OC.CCc1ccccc1. The minimum absolute atomic E-state index is 0.394. The minimum atomic E-state index is -0.394. The van der Waals surface area contributed by atoms with Crippen molar-refractivity contribution in [1.29, 1.82) is 0 Å². The van der Waals surface area contributed by atoms with Gasteiger partial charge in [0.2, 0.25) is 0 Å². The van der Waals surface area contributed by atoms with E-state index < -0.39 is 5.97 Å². The molecule has 2 heteroatoms. The molecule has 0 atom stereocenters. The van der Waals surface area contributed by atoms with Gasteiger partial charge in [0.05, 0.1) is 7.11 Å². The maximum absolute atomic E-state index is 9.84. The van der Waals surface area contributed by atoms with E-state index in [-0.39, 0.29) is 0 Å². The van der Waals surface area contributed by atoms with Crippen molar-refractivity contribution in [3.8, 4) is 0 Å². The van der Waals surface area contributed by atoms with E-state index in [4.69, 9.17) is 0 Å². The fourth-order valence-electron chi connectivity index (χ4n) is 0.797. The topological polar surface area (TPSA) is 26.3 Å². The third-order valence-corrected chi connectivity index (χ3v) is 1.62. The first-order valence-corrected chi connectivity index (χ1v) is 4.48. The van der Waals surface area contributed by atoms with E-state index in [0.717, 1.165) is 12.5 Å². The zero-order valence-corrected chi connectivity index (χ0v) is 8.69. The Labute approximate surface area is 85.2 Å². The first-order chi connectivity index (χ1) is 6.74. The zero-order chi connectivity index (χ0) is 10.8. The Kier molecular flexibility index (Phi) is 7.15. The van der Waals surface area contributed by atoms with Crippen LogP contribution >= 0.6 is 0 Å². The van der Waals surface area contributed by atoms with E-state index in [0.29, 0.717) is 0 Å². The Bertz CT molecular complexity index is 265. The zero-order valence-electron chi connectivity index (χ0n) is 8.69. The van der Waals surface area contributed by atoms with Gasteiger partial charge in [0.15, 0.2) is 0 Å². The van der Waals surface area contributed by atoms with Gasteiger partial charge in [0, 0.05) is 6.08 Å². The van der Waals surface area contributed by atoms with Crippen molar-refractivity contribution in [2.24, 2.45) is 0 Å². The highest BCUT2D eigenvalue weighted by Crippen LogP contribution is 1.96. The largest absolute Gasteiger partial charge is 0.466 e. The van der Waals surface area contributed by atoms with E-state index >= 15 is 0 Å². The van der Waals surface area contributed by atoms with Gasteiger partial charge in [-0.25, -0.2) is 4.79 Å². The molecule has 1 aromatic carbocycles. The molecule has 0 radical (unpaired) electrons. The van der Waals surface area contributed by atoms with Crippen LogP contribution in [0.2, 0.25) is 0 Å². The summed E-state index contributed by atoms with van der Waals surface area (Å²) in [5.74, 6) is -0.394. The molecule has 1 aromatic rings. The predicted octanol–water partition coefficient (Wildman–Crippen LogP) is 2.59. The second-order valence-corrected chi connectivity index (χ2v) is 2.57. The van der Waals surface area contributed by atoms with Gasteiger partial charge in [-0.05, 0) is 12.0 Å². The lowest BCUT2D eigenvalue weighted by atomic mass is 10.2. The van der Waals surface area contributed by atoms with E-state index in [1.807, 2.05) is 6.07 Å². The van der Waals surface area contributed by atoms with Crippen LogP contribution in [0.4, 0.5) is 0 Å². The number of rotatable bonds is 2. The summed E-state index contributed by atoms with van der Waals surface area (Å²) in [6, 6.07) is 10.5. The molecular weight excluding hydrogens is 176 g/mol. The number of hydrogen-bond donors (Lipinski definition) is 0. The average molecular weight is 192 g/mol. The Balaban J connectivity index is 0.000000255. The molecule has 0 bridgehead atoms. The van der Waals surface area contributed by atoms with E-state index in [1.54, 1.807) is 0 Å². The number of methoxy groups -OCH3 is 1. The number of hydrogen-bond acceptors (Lipinski definition) is 2. The third kappa shape index (κ3) is 6.00. The maximum Gasteiger partial charge on any atom is 0.329 e. The van der Waals surface area contributed by atoms with Crippen LogP contribution in [-0.4, -0.2) is 13.1 Å². The summed E-state index contributed by atoms with van der Waals surface area (Å²) in [7, 11) is 1.31. The fourth-order valence-corrected chi connectivity index (χ4v) is 0.797. The average Bonchev–Trinajstić information content (AvgIpc) is 2.30. The summed E-state index contributed by atoms with van der Waals surface area (Å²) in [4.78, 5) is 9.84. The molecule has 0 aliphatic heterocycles. The molecule has 0 aromatic heterocycles. The van der Waals surface area contributed by atoms with Gasteiger partial charge in [-0.1, -0.05) is 43.8 Å². The highest BCUT2D eigenvalue weighted by molar-refractivity contribution is 5.80. The Morgan fingerprint density at radius 1 is 1.43 bits per heavy atom. The van der Waals surface area contributed by atoms with Crippen molar-refractivity contribution in [2.75, 3.05) is 7.11 Å². The molecule has 0 aliphatic rings. The molecule has 0 saturated carbocycles. The van der Waals surface area contributed by atoms with E-state index in [9.17, 15) is 4.79 Å². The standard InChI is InChI=1S/C8H10.C4H6O2/c1-2-8-6-4-3-5-7-8;1-3-4(5)6-2/h3-7H,2H2,1H3;3H,1H2,2H3. The minimum Gasteiger partial charge on any atom is -0.466 e. The summed E-state index contributed by atoms with van der Waals surface area (Å²) < 4.78 is 4.14. The van der Waals surface area contributed by atoms with Gasteiger partial charge in [0.25, 0.3) is 0 Å². The molecule has 0 N–H and O–H groups in total. The molecule has 0 spiro atoms. The summed E-state index contributed by atoms with van der Waals surface area (Å²) in [5.41, 5.74) is 1.41. The first kappa shape index (κ1) is 12.4. The maximum atomic E-state index is 9.84. The van der Waals surface area contributed by atoms with Crippen molar-refractivity contribution >= 4 is 5.97 Å². The van der Waals surface area contributed by atoms with Crippen LogP contribution in [0.3, 0.4) is 0 Å². The van der Waals surface area contributed by atoms with Gasteiger partial charge in [-0.3, -0.25) is 0 Å². The molecule has 0 aliphatic carbocycles.